The van der Waals surface area contributed by atoms with E-state index in [1.54, 1.807) is 7.11 Å². The number of methoxy groups -OCH3 is 1. The van der Waals surface area contributed by atoms with Crippen LogP contribution in [0, 0.1) is 0 Å². The summed E-state index contributed by atoms with van der Waals surface area (Å²) in [5.74, 6) is 1.43. The molecule has 0 amide bonds. The summed E-state index contributed by atoms with van der Waals surface area (Å²) in [5.41, 5.74) is 5.40. The number of benzene rings is 3. The van der Waals surface area contributed by atoms with Gasteiger partial charge >= 0.3 is 0 Å². The topological polar surface area (TPSA) is 53.5 Å². The van der Waals surface area contributed by atoms with Gasteiger partial charge in [-0.1, -0.05) is 42.5 Å². The third kappa shape index (κ3) is 4.97. The van der Waals surface area contributed by atoms with Gasteiger partial charge in [-0.15, -0.1) is 0 Å². The molecule has 1 N–H and O–H groups in total. The van der Waals surface area contributed by atoms with E-state index in [-0.39, 0.29) is 0 Å². The van der Waals surface area contributed by atoms with Gasteiger partial charge in [0.25, 0.3) is 0 Å². The van der Waals surface area contributed by atoms with Gasteiger partial charge in [0.1, 0.15) is 5.75 Å². The summed E-state index contributed by atoms with van der Waals surface area (Å²) in [6.45, 7) is 5.51. The smallest absolute Gasteiger partial charge is 0.227 e. The Kier molecular flexibility index (Phi) is 6.19. The minimum Gasteiger partial charge on any atom is -0.497 e. The number of likely N-dealkylation sites (N-methyl/N-ethyl adjacent to an activating group) is 1. The SMILES string of the molecule is COc1ccc(-c2cccc3cnc(Nc4ccc(CN5CCN(C)CC5)cc4)nc23)cc1. The van der Waals surface area contributed by atoms with Crippen molar-refractivity contribution in [1.82, 2.24) is 19.8 Å². The molecule has 6 heteroatoms. The van der Waals surface area contributed by atoms with E-state index in [1.807, 2.05) is 30.5 Å². The Bertz CT molecular complexity index is 1220. The first kappa shape index (κ1) is 21.4. The zero-order chi connectivity index (χ0) is 22.6. The first-order valence-corrected chi connectivity index (χ1v) is 11.3. The first-order valence-electron chi connectivity index (χ1n) is 11.3. The average molecular weight is 440 g/mol. The van der Waals surface area contributed by atoms with Crippen LogP contribution in [0.5, 0.6) is 5.75 Å². The van der Waals surface area contributed by atoms with Crippen molar-refractivity contribution in [3.8, 4) is 16.9 Å². The molecule has 1 aliphatic rings. The van der Waals surface area contributed by atoms with Crippen molar-refractivity contribution in [1.29, 1.82) is 0 Å². The summed E-state index contributed by atoms with van der Waals surface area (Å²) in [6, 6.07) is 22.8. The lowest BCUT2D eigenvalue weighted by Gasteiger charge is -2.32. The van der Waals surface area contributed by atoms with Gasteiger partial charge in [-0.25, -0.2) is 9.97 Å². The van der Waals surface area contributed by atoms with Crippen molar-refractivity contribution in [3.05, 3.63) is 78.5 Å². The Hall–Kier alpha value is -3.48. The molecular formula is C27H29N5O. The van der Waals surface area contributed by atoms with E-state index < -0.39 is 0 Å². The highest BCUT2D eigenvalue weighted by molar-refractivity contribution is 5.93. The van der Waals surface area contributed by atoms with Crippen LogP contribution in [0.2, 0.25) is 0 Å². The van der Waals surface area contributed by atoms with Gasteiger partial charge in [-0.3, -0.25) is 4.90 Å². The highest BCUT2D eigenvalue weighted by Crippen LogP contribution is 2.29. The predicted molar refractivity (Wildman–Crippen MR) is 134 cm³/mol. The molecule has 2 heterocycles. The lowest BCUT2D eigenvalue weighted by Crippen LogP contribution is -2.43. The fourth-order valence-corrected chi connectivity index (χ4v) is 4.21. The van der Waals surface area contributed by atoms with E-state index in [2.05, 4.69) is 69.6 Å². The van der Waals surface area contributed by atoms with E-state index >= 15 is 0 Å². The van der Waals surface area contributed by atoms with Crippen LogP contribution in [0.4, 0.5) is 11.6 Å². The van der Waals surface area contributed by atoms with Gasteiger partial charge in [-0.2, -0.15) is 0 Å². The van der Waals surface area contributed by atoms with E-state index in [4.69, 9.17) is 9.72 Å². The molecule has 0 radical (unpaired) electrons. The summed E-state index contributed by atoms with van der Waals surface area (Å²) >= 11 is 0. The van der Waals surface area contributed by atoms with Gasteiger partial charge in [-0.05, 0) is 42.4 Å². The third-order valence-electron chi connectivity index (χ3n) is 6.22. The zero-order valence-corrected chi connectivity index (χ0v) is 19.2. The second-order valence-corrected chi connectivity index (χ2v) is 8.57. The molecule has 5 rings (SSSR count). The summed E-state index contributed by atoms with van der Waals surface area (Å²) in [4.78, 5) is 14.3. The lowest BCUT2D eigenvalue weighted by atomic mass is 10.0. The van der Waals surface area contributed by atoms with Crippen molar-refractivity contribution in [2.45, 2.75) is 6.54 Å². The number of hydrogen-bond acceptors (Lipinski definition) is 6. The summed E-state index contributed by atoms with van der Waals surface area (Å²) < 4.78 is 5.29. The first-order chi connectivity index (χ1) is 16.2. The van der Waals surface area contributed by atoms with Gasteiger partial charge in [0.05, 0.1) is 12.6 Å². The quantitative estimate of drug-likeness (QED) is 0.466. The molecule has 3 aromatic carbocycles. The summed E-state index contributed by atoms with van der Waals surface area (Å²) in [6.07, 6.45) is 1.87. The highest BCUT2D eigenvalue weighted by atomic mass is 16.5. The van der Waals surface area contributed by atoms with Crippen LogP contribution in [0.25, 0.3) is 22.0 Å². The summed E-state index contributed by atoms with van der Waals surface area (Å²) in [7, 11) is 3.86. The Balaban J connectivity index is 1.33. The van der Waals surface area contributed by atoms with Crippen molar-refractivity contribution in [2.75, 3.05) is 45.7 Å². The standard InChI is InChI=1S/C27H29N5O/c1-31-14-16-32(17-15-31)19-20-6-10-23(11-7-20)29-27-28-18-22-4-3-5-25(26(22)30-27)21-8-12-24(33-2)13-9-21/h3-13,18H,14-17,19H2,1-2H3,(H,28,29,30). The predicted octanol–water partition coefficient (Wildman–Crippen LogP) is 4.80. The maximum absolute atomic E-state index is 5.29. The number of nitrogens with one attached hydrogen (secondary N) is 1. The number of fused-ring (bicyclic) bond motifs is 1. The minimum absolute atomic E-state index is 0.593. The Morgan fingerprint density at radius 2 is 1.67 bits per heavy atom. The summed E-state index contributed by atoms with van der Waals surface area (Å²) in [5, 5.41) is 4.38. The molecule has 1 aromatic heterocycles. The molecule has 1 aliphatic heterocycles. The molecule has 0 bridgehead atoms. The van der Waals surface area contributed by atoms with Crippen LogP contribution < -0.4 is 10.1 Å². The van der Waals surface area contributed by atoms with Crippen LogP contribution in [0.1, 0.15) is 5.56 Å². The van der Waals surface area contributed by atoms with E-state index in [1.165, 1.54) is 5.56 Å². The van der Waals surface area contributed by atoms with Crippen molar-refractivity contribution >= 4 is 22.5 Å². The Labute approximate surface area is 194 Å². The number of piperazine rings is 1. The molecule has 0 spiro atoms. The number of anilines is 2. The number of nitrogens with zero attached hydrogens (tertiary/aromatic N) is 4. The molecule has 0 aliphatic carbocycles. The monoisotopic (exact) mass is 439 g/mol. The number of para-hydroxylation sites is 1. The van der Waals surface area contributed by atoms with Crippen LogP contribution >= 0.6 is 0 Å². The van der Waals surface area contributed by atoms with Crippen LogP contribution in [0.3, 0.4) is 0 Å². The zero-order valence-electron chi connectivity index (χ0n) is 19.2. The minimum atomic E-state index is 0.593. The van der Waals surface area contributed by atoms with Gasteiger partial charge in [0.2, 0.25) is 5.95 Å². The van der Waals surface area contributed by atoms with Gasteiger partial charge in [0.15, 0.2) is 0 Å². The molecular weight excluding hydrogens is 410 g/mol. The number of aromatic nitrogens is 2. The normalized spacial score (nSPS) is 15.0. The number of hydrogen-bond donors (Lipinski definition) is 1. The molecule has 0 atom stereocenters. The molecule has 6 nitrogen and oxygen atoms in total. The van der Waals surface area contributed by atoms with Crippen molar-refractivity contribution < 1.29 is 4.74 Å². The van der Waals surface area contributed by atoms with Crippen molar-refractivity contribution in [3.63, 3.8) is 0 Å². The van der Waals surface area contributed by atoms with Crippen LogP contribution in [0.15, 0.2) is 72.9 Å². The van der Waals surface area contributed by atoms with E-state index in [9.17, 15) is 0 Å². The van der Waals surface area contributed by atoms with Crippen molar-refractivity contribution in [2.24, 2.45) is 0 Å². The molecule has 33 heavy (non-hydrogen) atoms. The highest BCUT2D eigenvalue weighted by Gasteiger charge is 2.14. The second kappa shape index (κ2) is 9.57. The fourth-order valence-electron chi connectivity index (χ4n) is 4.21. The van der Waals surface area contributed by atoms with E-state index in [0.29, 0.717) is 5.95 Å². The molecule has 1 saturated heterocycles. The maximum atomic E-state index is 5.29. The lowest BCUT2D eigenvalue weighted by molar-refractivity contribution is 0.148. The Morgan fingerprint density at radius 1 is 0.909 bits per heavy atom. The third-order valence-corrected chi connectivity index (χ3v) is 6.22. The maximum Gasteiger partial charge on any atom is 0.227 e. The molecule has 168 valence electrons. The molecule has 0 saturated carbocycles. The average Bonchev–Trinajstić information content (AvgIpc) is 2.86. The van der Waals surface area contributed by atoms with Crippen LogP contribution in [-0.2, 0) is 6.54 Å². The van der Waals surface area contributed by atoms with Gasteiger partial charge in [0, 0.05) is 55.6 Å². The molecule has 4 aromatic rings. The molecule has 0 unspecified atom stereocenters. The Morgan fingerprint density at radius 3 is 2.39 bits per heavy atom. The van der Waals surface area contributed by atoms with E-state index in [0.717, 1.165) is 66.2 Å². The van der Waals surface area contributed by atoms with Crippen LogP contribution in [-0.4, -0.2) is 60.1 Å². The second-order valence-electron chi connectivity index (χ2n) is 8.57. The fraction of sp³-hybridized carbons (Fsp3) is 0.259. The van der Waals surface area contributed by atoms with Gasteiger partial charge < -0.3 is 15.0 Å². The largest absolute Gasteiger partial charge is 0.497 e. The molecule has 1 fully saturated rings. The number of rotatable bonds is 6. The number of ether oxygens (including phenoxy) is 1.